The van der Waals surface area contributed by atoms with Gasteiger partial charge in [-0.1, -0.05) is 96.9 Å². The molecular weight excluding hydrogens is 613 g/mol. The number of amides is 1. The number of halogens is 2. The number of carbonyl (C=O) groups excluding carboxylic acids is 1. The number of aliphatic imine (C=N–C) groups is 1. The van der Waals surface area contributed by atoms with Gasteiger partial charge in [0.25, 0.3) is 5.91 Å². The monoisotopic (exact) mass is 643 g/mol. The molecule has 0 saturated carbocycles. The molecule has 3 N–H and O–H groups in total. The third kappa shape index (κ3) is 5.44. The molecule has 1 amide bonds. The summed E-state index contributed by atoms with van der Waals surface area (Å²) < 4.78 is 0. The van der Waals surface area contributed by atoms with Crippen LogP contribution in [0, 0.1) is 11.3 Å². The summed E-state index contributed by atoms with van der Waals surface area (Å²) in [5.41, 5.74) is 7.95. The normalized spacial score (nSPS) is 17.5. The Labute approximate surface area is 277 Å². The van der Waals surface area contributed by atoms with Crippen LogP contribution in [0.2, 0.25) is 10.0 Å². The maximum Gasteiger partial charge on any atom is 0.273 e. The maximum atomic E-state index is 14.4. The Bertz CT molecular complexity index is 2050. The zero-order chi connectivity index (χ0) is 31.8. The molecule has 2 aliphatic rings. The molecule has 228 valence electrons. The standard InChI is InChI=1S/C38H31Cl2N5O/c1-23-9-8-20-45-36(25-14-16-26(39)17-15-25)29-21-27(40)22-30-33(29)34(37(45)32(23)24-10-4-2-5-11-24)35(43-30)38(46)44-31(18-19-41)42-28-12-6-3-7-13-28/h2-8,10-17,19-23,36,41,43H,9,18H2,1H3,(H,42,44,46). The predicted molar refractivity (Wildman–Crippen MR) is 189 cm³/mol. The molecule has 0 aliphatic carbocycles. The van der Waals surface area contributed by atoms with Gasteiger partial charge in [0.1, 0.15) is 11.5 Å². The molecule has 0 bridgehead atoms. The van der Waals surface area contributed by atoms with Crippen molar-refractivity contribution >= 4 is 69.0 Å². The zero-order valence-corrected chi connectivity index (χ0v) is 26.6. The minimum absolute atomic E-state index is 0.160. The number of aromatic nitrogens is 1. The van der Waals surface area contributed by atoms with Crippen LogP contribution in [0.15, 0.2) is 114 Å². The molecule has 8 heteroatoms. The number of fused-ring (bicyclic) bond motifs is 2. The number of nitrogens with one attached hydrogen (secondary N) is 3. The zero-order valence-electron chi connectivity index (χ0n) is 25.1. The molecule has 0 saturated heterocycles. The Hall–Kier alpha value is -4.91. The van der Waals surface area contributed by atoms with Crippen LogP contribution in [-0.2, 0) is 0 Å². The highest BCUT2D eigenvalue weighted by Gasteiger charge is 2.39. The van der Waals surface area contributed by atoms with E-state index in [-0.39, 0.29) is 24.3 Å². The fourth-order valence-corrected chi connectivity index (χ4v) is 6.97. The lowest BCUT2D eigenvalue weighted by Gasteiger charge is -2.39. The summed E-state index contributed by atoms with van der Waals surface area (Å²) >= 11 is 13.1. The number of H-pyrrole nitrogens is 1. The third-order valence-electron chi connectivity index (χ3n) is 8.54. The second-order valence-corrected chi connectivity index (χ2v) is 12.4. The van der Waals surface area contributed by atoms with Gasteiger partial charge in [0.15, 0.2) is 0 Å². The first-order valence-corrected chi connectivity index (χ1v) is 16.0. The summed E-state index contributed by atoms with van der Waals surface area (Å²) in [6.45, 7) is 2.23. The van der Waals surface area contributed by atoms with Gasteiger partial charge in [0.2, 0.25) is 0 Å². The van der Waals surface area contributed by atoms with E-state index in [1.54, 1.807) is 0 Å². The minimum atomic E-state index is -0.338. The molecular formula is C38H31Cl2N5O. The molecule has 2 atom stereocenters. The van der Waals surface area contributed by atoms with E-state index >= 15 is 0 Å². The van der Waals surface area contributed by atoms with E-state index in [1.165, 1.54) is 6.21 Å². The van der Waals surface area contributed by atoms with E-state index in [0.717, 1.165) is 50.8 Å². The van der Waals surface area contributed by atoms with Crippen LogP contribution in [0.1, 0.15) is 58.5 Å². The number of allylic oxidation sites excluding steroid dienone is 2. The van der Waals surface area contributed by atoms with Crippen LogP contribution < -0.4 is 5.32 Å². The van der Waals surface area contributed by atoms with Crippen molar-refractivity contribution in [3.05, 3.63) is 147 Å². The molecule has 46 heavy (non-hydrogen) atoms. The van der Waals surface area contributed by atoms with Crippen molar-refractivity contribution in [2.24, 2.45) is 10.9 Å². The van der Waals surface area contributed by atoms with E-state index in [0.29, 0.717) is 27.3 Å². The Morgan fingerprint density at radius 1 is 1.00 bits per heavy atom. The second kappa shape index (κ2) is 12.5. The largest absolute Gasteiger partial charge is 0.350 e. The number of hydrogen-bond acceptors (Lipinski definition) is 4. The first-order chi connectivity index (χ1) is 22.4. The van der Waals surface area contributed by atoms with E-state index in [4.69, 9.17) is 28.6 Å². The van der Waals surface area contributed by atoms with Gasteiger partial charge >= 0.3 is 0 Å². The van der Waals surface area contributed by atoms with Gasteiger partial charge < -0.3 is 20.6 Å². The highest BCUT2D eigenvalue weighted by molar-refractivity contribution is 6.32. The van der Waals surface area contributed by atoms with E-state index in [9.17, 15) is 4.79 Å². The van der Waals surface area contributed by atoms with E-state index < -0.39 is 0 Å². The SMILES string of the molecule is CC1CC=CN2C(=C1c1ccccc1)c1c(C(=O)NC(CC=N)=Nc3ccccc3)[nH]c3cc(Cl)cc(c13)C2c1ccc(Cl)cc1. The van der Waals surface area contributed by atoms with Crippen molar-refractivity contribution in [3.8, 4) is 0 Å². The third-order valence-corrected chi connectivity index (χ3v) is 9.01. The summed E-state index contributed by atoms with van der Waals surface area (Å²) in [5.74, 6) is 0.205. The highest BCUT2D eigenvalue weighted by Crippen LogP contribution is 2.52. The molecule has 0 spiro atoms. The lowest BCUT2D eigenvalue weighted by atomic mass is 9.82. The lowest BCUT2D eigenvalue weighted by molar-refractivity contribution is 0.0972. The number of benzene rings is 4. The molecule has 3 heterocycles. The summed E-state index contributed by atoms with van der Waals surface area (Å²) in [4.78, 5) is 24.7. The van der Waals surface area contributed by atoms with E-state index in [1.807, 2.05) is 60.7 Å². The summed E-state index contributed by atoms with van der Waals surface area (Å²) in [7, 11) is 0. The maximum absolute atomic E-state index is 14.4. The molecule has 5 aromatic rings. The molecule has 0 radical (unpaired) electrons. The number of carbonyl (C=O) groups is 1. The predicted octanol–water partition coefficient (Wildman–Crippen LogP) is 9.80. The lowest BCUT2D eigenvalue weighted by Crippen LogP contribution is -2.33. The van der Waals surface area contributed by atoms with Crippen molar-refractivity contribution in [1.29, 1.82) is 5.41 Å². The average molecular weight is 645 g/mol. The van der Waals surface area contributed by atoms with Crippen LogP contribution in [0.4, 0.5) is 5.69 Å². The molecule has 4 aromatic carbocycles. The molecule has 0 fully saturated rings. The molecule has 1 aromatic heterocycles. The van der Waals surface area contributed by atoms with Crippen molar-refractivity contribution in [2.75, 3.05) is 0 Å². The molecule has 6 nitrogen and oxygen atoms in total. The van der Waals surface area contributed by atoms with Gasteiger partial charge in [-0.25, -0.2) is 4.99 Å². The second-order valence-electron chi connectivity index (χ2n) is 11.6. The molecule has 2 aliphatic heterocycles. The average Bonchev–Trinajstić information content (AvgIpc) is 3.35. The van der Waals surface area contributed by atoms with Gasteiger partial charge in [0.05, 0.1) is 17.4 Å². The van der Waals surface area contributed by atoms with Crippen LogP contribution in [0.25, 0.3) is 22.2 Å². The quantitative estimate of drug-likeness (QED) is 0.127. The summed E-state index contributed by atoms with van der Waals surface area (Å²) in [6, 6.07) is 31.4. The fraction of sp³-hybridized carbons (Fsp3) is 0.132. The van der Waals surface area contributed by atoms with Crippen molar-refractivity contribution in [1.82, 2.24) is 15.2 Å². The Morgan fingerprint density at radius 3 is 2.43 bits per heavy atom. The molecule has 7 rings (SSSR count). The first kappa shape index (κ1) is 29.8. The van der Waals surface area contributed by atoms with E-state index in [2.05, 4.69) is 75.8 Å². The number of aromatic amines is 1. The van der Waals surface area contributed by atoms with Crippen LogP contribution in [0.3, 0.4) is 0 Å². The number of amidine groups is 1. The Kier molecular flexibility index (Phi) is 8.07. The number of nitrogens with zero attached hydrogens (tertiary/aromatic N) is 2. The van der Waals surface area contributed by atoms with Gasteiger partial charge in [-0.2, -0.15) is 0 Å². The Balaban J connectivity index is 1.51. The highest BCUT2D eigenvalue weighted by atomic mass is 35.5. The number of rotatable bonds is 6. The number of para-hydroxylation sites is 1. The van der Waals surface area contributed by atoms with Crippen molar-refractivity contribution in [3.63, 3.8) is 0 Å². The summed E-state index contributed by atoms with van der Waals surface area (Å²) in [6.07, 6.45) is 6.59. The fourth-order valence-electron chi connectivity index (χ4n) is 6.62. The first-order valence-electron chi connectivity index (χ1n) is 15.2. The number of hydrogen-bond donors (Lipinski definition) is 3. The van der Waals surface area contributed by atoms with Crippen molar-refractivity contribution < 1.29 is 4.79 Å². The van der Waals surface area contributed by atoms with Crippen LogP contribution >= 0.6 is 23.2 Å². The minimum Gasteiger partial charge on any atom is -0.350 e. The van der Waals surface area contributed by atoms with Gasteiger partial charge in [-0.3, -0.25) is 4.79 Å². The van der Waals surface area contributed by atoms with Gasteiger partial charge in [0, 0.05) is 45.3 Å². The van der Waals surface area contributed by atoms with Crippen molar-refractivity contribution in [2.45, 2.75) is 25.8 Å². The van der Waals surface area contributed by atoms with Crippen LogP contribution in [0.5, 0.6) is 0 Å². The van der Waals surface area contributed by atoms with Gasteiger partial charge in [-0.05, 0) is 71.0 Å². The molecule has 2 unspecified atom stereocenters. The summed E-state index contributed by atoms with van der Waals surface area (Å²) in [5, 5.41) is 13.0. The van der Waals surface area contributed by atoms with Gasteiger partial charge in [-0.15, -0.1) is 0 Å². The Morgan fingerprint density at radius 2 is 1.72 bits per heavy atom. The smallest absolute Gasteiger partial charge is 0.273 e. The van der Waals surface area contributed by atoms with Crippen LogP contribution in [-0.4, -0.2) is 27.8 Å². The topological polar surface area (TPSA) is 84.3 Å².